The summed E-state index contributed by atoms with van der Waals surface area (Å²) >= 11 is 0. The summed E-state index contributed by atoms with van der Waals surface area (Å²) < 4.78 is 0. The molecule has 0 radical (unpaired) electrons. The molecule has 12 nitrogen and oxygen atoms in total. The molecule has 5 N–H and O–H groups in total. The molecule has 1 saturated heterocycles. The third kappa shape index (κ3) is 8.24. The summed E-state index contributed by atoms with van der Waals surface area (Å²) in [5, 5.41) is 18.4. The lowest BCUT2D eigenvalue weighted by atomic mass is 10.1. The topological polar surface area (TPSA) is 174 Å². The Morgan fingerprint density at radius 2 is 1.64 bits per heavy atom. The van der Waals surface area contributed by atoms with Crippen molar-refractivity contribution in [2.45, 2.75) is 38.4 Å². The van der Waals surface area contributed by atoms with Crippen molar-refractivity contribution in [3.63, 3.8) is 0 Å². The molecule has 1 aromatic carbocycles. The van der Waals surface area contributed by atoms with Crippen LogP contribution in [0.5, 0.6) is 0 Å². The van der Waals surface area contributed by atoms with Gasteiger partial charge in [-0.1, -0.05) is 30.3 Å². The average Bonchev–Trinajstić information content (AvgIpc) is 3.57. The first-order chi connectivity index (χ1) is 15.6. The normalized spacial score (nSPS) is 16.1. The van der Waals surface area contributed by atoms with E-state index in [0.717, 1.165) is 5.56 Å². The van der Waals surface area contributed by atoms with Crippen molar-refractivity contribution < 1.29 is 33.9 Å². The predicted molar refractivity (Wildman–Crippen MR) is 115 cm³/mol. The first-order valence-corrected chi connectivity index (χ1v) is 10.3. The highest BCUT2D eigenvalue weighted by atomic mass is 16.4. The van der Waals surface area contributed by atoms with Crippen molar-refractivity contribution in [3.8, 4) is 0 Å². The van der Waals surface area contributed by atoms with E-state index in [-0.39, 0.29) is 19.5 Å². The minimum absolute atomic E-state index is 0.103. The molecule has 0 saturated carbocycles. The van der Waals surface area contributed by atoms with Crippen molar-refractivity contribution in [3.05, 3.63) is 35.9 Å². The molecule has 1 heterocycles. The molecule has 5 amide bonds. The second-order valence-corrected chi connectivity index (χ2v) is 7.57. The first-order valence-electron chi connectivity index (χ1n) is 10.3. The summed E-state index contributed by atoms with van der Waals surface area (Å²) in [5.41, 5.74) is 0.771. The number of nitrogens with one attached hydrogen (secondary N) is 4. The minimum atomic E-state index is -1.20. The fraction of sp³-hybridized carbons (Fsp3) is 0.429. The van der Waals surface area contributed by atoms with Crippen molar-refractivity contribution in [2.24, 2.45) is 0 Å². The van der Waals surface area contributed by atoms with Gasteiger partial charge in [0.05, 0.1) is 19.6 Å². The van der Waals surface area contributed by atoms with Crippen molar-refractivity contribution in [1.82, 2.24) is 26.2 Å². The van der Waals surface area contributed by atoms with Crippen molar-refractivity contribution in [1.29, 1.82) is 0 Å². The first kappa shape index (κ1) is 25.3. The number of nitrogens with zero attached hydrogens (tertiary/aromatic N) is 1. The SMILES string of the molecule is CC(=O)NCC(=O)NCC(=O)N[C@@H](Cc1ccccc1)C(=O)N1C[C@H]1C(=O)N[C@@H](C)C(=O)O. The number of amides is 5. The lowest BCUT2D eigenvalue weighted by Crippen LogP contribution is -2.50. The van der Waals surface area contributed by atoms with E-state index in [1.165, 1.54) is 18.7 Å². The van der Waals surface area contributed by atoms with Gasteiger partial charge in [0.25, 0.3) is 0 Å². The number of carbonyl (C=O) groups is 6. The second kappa shape index (κ2) is 11.6. The van der Waals surface area contributed by atoms with Crippen LogP contribution in [0.15, 0.2) is 30.3 Å². The molecule has 1 fully saturated rings. The highest BCUT2D eigenvalue weighted by molar-refractivity contribution is 5.97. The predicted octanol–water partition coefficient (Wildman–Crippen LogP) is -2.23. The van der Waals surface area contributed by atoms with E-state index < -0.39 is 60.2 Å². The van der Waals surface area contributed by atoms with Gasteiger partial charge in [-0.15, -0.1) is 0 Å². The van der Waals surface area contributed by atoms with Crippen LogP contribution in [0.25, 0.3) is 0 Å². The van der Waals surface area contributed by atoms with Crippen LogP contribution in [0.3, 0.4) is 0 Å². The van der Waals surface area contributed by atoms with Crippen LogP contribution in [0.1, 0.15) is 19.4 Å². The molecule has 0 spiro atoms. The molecule has 33 heavy (non-hydrogen) atoms. The fourth-order valence-corrected chi connectivity index (χ4v) is 2.92. The summed E-state index contributed by atoms with van der Waals surface area (Å²) in [7, 11) is 0. The van der Waals surface area contributed by atoms with Crippen LogP contribution in [-0.2, 0) is 35.2 Å². The molecule has 0 unspecified atom stereocenters. The summed E-state index contributed by atoms with van der Waals surface area (Å²) in [6.07, 6.45) is 0.154. The smallest absolute Gasteiger partial charge is 0.325 e. The number of carboxylic acid groups (broad SMARTS) is 1. The Labute approximate surface area is 190 Å². The van der Waals surface area contributed by atoms with Crippen LogP contribution in [-0.4, -0.2) is 83.3 Å². The van der Waals surface area contributed by atoms with Crippen molar-refractivity contribution >= 4 is 35.5 Å². The Morgan fingerprint density at radius 3 is 2.24 bits per heavy atom. The Kier molecular flexibility index (Phi) is 8.89. The highest BCUT2D eigenvalue weighted by Crippen LogP contribution is 2.20. The van der Waals surface area contributed by atoms with Gasteiger partial charge in [-0.05, 0) is 12.5 Å². The van der Waals surface area contributed by atoms with Crippen LogP contribution in [0.4, 0.5) is 0 Å². The summed E-state index contributed by atoms with van der Waals surface area (Å²) in [6, 6.07) is 6.01. The molecule has 12 heteroatoms. The number of benzene rings is 1. The van der Waals surface area contributed by atoms with Gasteiger partial charge in [0.15, 0.2) is 0 Å². The minimum Gasteiger partial charge on any atom is -0.480 e. The highest BCUT2D eigenvalue weighted by Gasteiger charge is 2.47. The Morgan fingerprint density at radius 1 is 1.00 bits per heavy atom. The molecule has 2 rings (SSSR count). The summed E-state index contributed by atoms with van der Waals surface area (Å²) in [4.78, 5) is 72.2. The molecule has 1 aliphatic heterocycles. The Balaban J connectivity index is 1.98. The van der Waals surface area contributed by atoms with Crippen LogP contribution < -0.4 is 21.3 Å². The maximum Gasteiger partial charge on any atom is 0.325 e. The number of aliphatic carboxylic acids is 1. The standard InChI is InChI=1S/C21H27N5O7/c1-12(21(32)33)24-19(30)16-11-26(16)20(31)15(8-14-6-4-3-5-7-14)25-18(29)10-23-17(28)9-22-13(2)27/h3-7,12,15-16H,8-11H2,1-2H3,(H,22,27)(H,23,28)(H,24,30)(H,25,29)(H,32,33)/t12-,15-,16-,26?/m0/s1. The lowest BCUT2D eigenvalue weighted by molar-refractivity contribution is -0.141. The average molecular weight is 461 g/mol. The van der Waals surface area contributed by atoms with Gasteiger partial charge in [0.2, 0.25) is 29.5 Å². The zero-order valence-corrected chi connectivity index (χ0v) is 18.3. The number of hydrogen-bond acceptors (Lipinski definition) is 6. The molecule has 0 aromatic heterocycles. The molecule has 1 aromatic rings. The quantitative estimate of drug-likeness (QED) is 0.232. The molecular weight excluding hydrogens is 434 g/mol. The third-order valence-corrected chi connectivity index (χ3v) is 4.79. The van der Waals surface area contributed by atoms with E-state index >= 15 is 0 Å². The van der Waals surface area contributed by atoms with Gasteiger partial charge < -0.3 is 31.3 Å². The van der Waals surface area contributed by atoms with Gasteiger partial charge in [0.1, 0.15) is 18.1 Å². The van der Waals surface area contributed by atoms with E-state index in [2.05, 4.69) is 21.3 Å². The number of rotatable bonds is 11. The fourth-order valence-electron chi connectivity index (χ4n) is 2.92. The van der Waals surface area contributed by atoms with Crippen LogP contribution in [0, 0.1) is 0 Å². The van der Waals surface area contributed by atoms with Gasteiger partial charge in [-0.3, -0.25) is 28.8 Å². The second-order valence-electron chi connectivity index (χ2n) is 7.57. The number of carboxylic acids is 1. The van der Waals surface area contributed by atoms with Gasteiger partial charge in [0, 0.05) is 13.3 Å². The maximum absolute atomic E-state index is 13.0. The van der Waals surface area contributed by atoms with Gasteiger partial charge >= 0.3 is 5.97 Å². The van der Waals surface area contributed by atoms with Crippen LogP contribution >= 0.6 is 0 Å². The van der Waals surface area contributed by atoms with E-state index in [9.17, 15) is 28.8 Å². The van der Waals surface area contributed by atoms with Gasteiger partial charge in [-0.2, -0.15) is 0 Å². The zero-order valence-electron chi connectivity index (χ0n) is 18.3. The molecule has 3 atom stereocenters. The van der Waals surface area contributed by atoms with E-state index in [1.807, 2.05) is 0 Å². The summed E-state index contributed by atoms with van der Waals surface area (Å²) in [6.45, 7) is 1.98. The molecule has 0 bridgehead atoms. The number of hydrogen-bond donors (Lipinski definition) is 5. The monoisotopic (exact) mass is 461 g/mol. The summed E-state index contributed by atoms with van der Waals surface area (Å²) in [5.74, 6) is -3.87. The lowest BCUT2D eigenvalue weighted by Gasteiger charge is -2.19. The molecule has 178 valence electrons. The van der Waals surface area contributed by atoms with E-state index in [0.29, 0.717) is 0 Å². The van der Waals surface area contributed by atoms with E-state index in [1.54, 1.807) is 30.3 Å². The maximum atomic E-state index is 13.0. The zero-order chi connectivity index (χ0) is 24.5. The molecule has 0 aliphatic carbocycles. The largest absolute Gasteiger partial charge is 0.480 e. The van der Waals surface area contributed by atoms with E-state index in [4.69, 9.17) is 5.11 Å². The van der Waals surface area contributed by atoms with Gasteiger partial charge in [-0.25, -0.2) is 0 Å². The third-order valence-electron chi connectivity index (χ3n) is 4.79. The number of carbonyl (C=O) groups excluding carboxylic acids is 5. The molecular formula is C21H27N5O7. The van der Waals surface area contributed by atoms with Crippen LogP contribution in [0.2, 0.25) is 0 Å². The van der Waals surface area contributed by atoms with Crippen molar-refractivity contribution in [2.75, 3.05) is 19.6 Å². The Bertz CT molecular complexity index is 921. The Hall–Kier alpha value is -3.96. The molecule has 1 aliphatic rings.